The van der Waals surface area contributed by atoms with Crippen LogP contribution in [0.2, 0.25) is 0 Å². The van der Waals surface area contributed by atoms with Crippen molar-refractivity contribution in [3.05, 3.63) is 47.8 Å². The normalized spacial score (nSPS) is 14.6. The number of likely N-dealkylation sites (tertiary alicyclic amines) is 1. The van der Waals surface area contributed by atoms with Gasteiger partial charge in [-0.2, -0.15) is 0 Å². The number of nitrogens with one attached hydrogen (secondary N) is 1. The largest absolute Gasteiger partial charge is 0.337 e. The monoisotopic (exact) mass is 318 g/mol. The molecule has 0 radical (unpaired) electrons. The third kappa shape index (κ3) is 3.61. The van der Waals surface area contributed by atoms with Crippen LogP contribution in [0.4, 0.5) is 20.4 Å². The minimum absolute atomic E-state index is 0.0500. The molecule has 1 N–H and O–H groups in total. The molecule has 1 aliphatic heterocycles. The second-order valence-corrected chi connectivity index (χ2v) is 5.37. The molecule has 1 aromatic heterocycles. The molecule has 2 aromatic rings. The number of anilines is 2. The molecule has 3 rings (SSSR count). The maximum absolute atomic E-state index is 13.7. The Balaban J connectivity index is 1.78. The lowest BCUT2D eigenvalue weighted by Crippen LogP contribution is -2.36. The van der Waals surface area contributed by atoms with Crippen LogP contribution in [0, 0.1) is 11.6 Å². The van der Waals surface area contributed by atoms with Crippen LogP contribution in [0.3, 0.4) is 0 Å². The van der Waals surface area contributed by atoms with Crippen molar-refractivity contribution >= 4 is 17.5 Å². The second-order valence-electron chi connectivity index (χ2n) is 5.37. The van der Waals surface area contributed by atoms with Crippen molar-refractivity contribution in [3.8, 4) is 0 Å². The fourth-order valence-corrected chi connectivity index (χ4v) is 2.51. The van der Waals surface area contributed by atoms with E-state index in [0.717, 1.165) is 44.5 Å². The van der Waals surface area contributed by atoms with Gasteiger partial charge in [0, 0.05) is 25.4 Å². The number of nitrogens with zero attached hydrogens (tertiary/aromatic N) is 3. The summed E-state index contributed by atoms with van der Waals surface area (Å²) in [5.41, 5.74) is 0.306. The van der Waals surface area contributed by atoms with Crippen molar-refractivity contribution in [1.29, 1.82) is 0 Å². The van der Waals surface area contributed by atoms with Crippen molar-refractivity contribution in [1.82, 2.24) is 14.9 Å². The molecular formula is C16H16F2N4O. The summed E-state index contributed by atoms with van der Waals surface area (Å²) in [7, 11) is 0. The summed E-state index contributed by atoms with van der Waals surface area (Å²) in [6.07, 6.45) is 4.55. The highest BCUT2D eigenvalue weighted by Crippen LogP contribution is 2.19. The number of piperidine rings is 1. The number of rotatable bonds is 3. The Kier molecular flexibility index (Phi) is 4.45. The number of carbonyl (C=O) groups is 1. The molecule has 0 atom stereocenters. The van der Waals surface area contributed by atoms with E-state index in [4.69, 9.17) is 0 Å². The minimum atomic E-state index is -0.749. The van der Waals surface area contributed by atoms with E-state index in [9.17, 15) is 13.6 Å². The van der Waals surface area contributed by atoms with Gasteiger partial charge in [-0.1, -0.05) is 0 Å². The first kappa shape index (κ1) is 15.3. The average molecular weight is 318 g/mol. The van der Waals surface area contributed by atoms with Gasteiger partial charge in [-0.05, 0) is 37.5 Å². The van der Waals surface area contributed by atoms with Crippen molar-refractivity contribution < 1.29 is 13.6 Å². The lowest BCUT2D eigenvalue weighted by atomic mass is 10.1. The molecule has 0 aliphatic carbocycles. The maximum atomic E-state index is 13.7. The van der Waals surface area contributed by atoms with Crippen LogP contribution in [0.15, 0.2) is 30.5 Å². The third-order valence-corrected chi connectivity index (χ3v) is 3.70. The molecule has 5 nitrogen and oxygen atoms in total. The summed E-state index contributed by atoms with van der Waals surface area (Å²) >= 11 is 0. The van der Waals surface area contributed by atoms with Gasteiger partial charge in [-0.3, -0.25) is 4.79 Å². The summed E-state index contributed by atoms with van der Waals surface area (Å²) in [4.78, 5) is 22.3. The second kappa shape index (κ2) is 6.68. The van der Waals surface area contributed by atoms with Gasteiger partial charge >= 0.3 is 0 Å². The number of hydrogen-bond acceptors (Lipinski definition) is 4. The van der Waals surface area contributed by atoms with Gasteiger partial charge in [0.2, 0.25) is 5.95 Å². The number of amides is 1. The van der Waals surface area contributed by atoms with E-state index < -0.39 is 11.6 Å². The first-order valence-corrected chi connectivity index (χ1v) is 7.48. The Labute approximate surface area is 132 Å². The zero-order valence-electron chi connectivity index (χ0n) is 12.4. The Morgan fingerprint density at radius 1 is 1.13 bits per heavy atom. The van der Waals surface area contributed by atoms with E-state index in [1.165, 1.54) is 18.3 Å². The number of benzene rings is 1. The highest BCUT2D eigenvalue weighted by atomic mass is 19.1. The Bertz CT molecular complexity index is 717. The van der Waals surface area contributed by atoms with E-state index in [2.05, 4.69) is 15.3 Å². The minimum Gasteiger partial charge on any atom is -0.337 e. The van der Waals surface area contributed by atoms with E-state index in [-0.39, 0.29) is 23.2 Å². The summed E-state index contributed by atoms with van der Waals surface area (Å²) in [6, 6.07) is 4.69. The fraction of sp³-hybridized carbons (Fsp3) is 0.312. The maximum Gasteiger partial charge on any atom is 0.272 e. The van der Waals surface area contributed by atoms with Crippen molar-refractivity contribution in [2.75, 3.05) is 18.4 Å². The molecule has 23 heavy (non-hydrogen) atoms. The predicted octanol–water partition coefficient (Wildman–Crippen LogP) is 3.12. The van der Waals surface area contributed by atoms with Crippen LogP contribution in [-0.2, 0) is 0 Å². The molecule has 1 amide bonds. The highest BCUT2D eigenvalue weighted by molar-refractivity contribution is 5.92. The van der Waals surface area contributed by atoms with Crippen LogP contribution >= 0.6 is 0 Å². The van der Waals surface area contributed by atoms with E-state index in [0.29, 0.717) is 0 Å². The van der Waals surface area contributed by atoms with Crippen molar-refractivity contribution in [2.24, 2.45) is 0 Å². The van der Waals surface area contributed by atoms with Gasteiger partial charge < -0.3 is 10.2 Å². The first-order chi connectivity index (χ1) is 11.1. The standard InChI is InChI=1S/C16H16F2N4O/c17-11-4-5-13(12(18)10-11)20-16-19-7-6-14(21-16)15(23)22-8-2-1-3-9-22/h4-7,10H,1-3,8-9H2,(H,19,20,21). The van der Waals surface area contributed by atoms with Gasteiger partial charge in [-0.25, -0.2) is 18.7 Å². The van der Waals surface area contributed by atoms with Crippen molar-refractivity contribution in [3.63, 3.8) is 0 Å². The molecule has 1 aromatic carbocycles. The molecule has 7 heteroatoms. The van der Waals surface area contributed by atoms with E-state index >= 15 is 0 Å². The first-order valence-electron chi connectivity index (χ1n) is 7.48. The summed E-state index contributed by atoms with van der Waals surface area (Å²) in [5, 5.41) is 2.66. The zero-order valence-corrected chi connectivity index (χ0v) is 12.4. The molecule has 120 valence electrons. The summed E-state index contributed by atoms with van der Waals surface area (Å²) in [5.74, 6) is -1.47. The predicted molar refractivity (Wildman–Crippen MR) is 81.4 cm³/mol. The molecule has 1 fully saturated rings. The third-order valence-electron chi connectivity index (χ3n) is 3.70. The van der Waals surface area contributed by atoms with Crippen LogP contribution < -0.4 is 5.32 Å². The van der Waals surface area contributed by atoms with Crippen LogP contribution in [0.5, 0.6) is 0 Å². The van der Waals surface area contributed by atoms with Gasteiger partial charge in [0.25, 0.3) is 5.91 Å². The molecule has 2 heterocycles. The zero-order chi connectivity index (χ0) is 16.2. The molecule has 1 saturated heterocycles. The summed E-state index contributed by atoms with van der Waals surface area (Å²) < 4.78 is 26.6. The smallest absolute Gasteiger partial charge is 0.272 e. The quantitative estimate of drug-likeness (QED) is 0.944. The lowest BCUT2D eigenvalue weighted by Gasteiger charge is -2.26. The SMILES string of the molecule is O=C(c1ccnc(Nc2ccc(F)cc2F)n1)N1CCCCC1. The average Bonchev–Trinajstić information content (AvgIpc) is 2.58. The lowest BCUT2D eigenvalue weighted by molar-refractivity contribution is 0.0718. The molecule has 0 unspecified atom stereocenters. The van der Waals surface area contributed by atoms with E-state index in [1.807, 2.05) is 0 Å². The number of halogens is 2. The van der Waals surface area contributed by atoms with Crippen LogP contribution in [-0.4, -0.2) is 33.9 Å². The summed E-state index contributed by atoms with van der Waals surface area (Å²) in [6.45, 7) is 1.44. The Morgan fingerprint density at radius 2 is 1.91 bits per heavy atom. The van der Waals surface area contributed by atoms with Gasteiger partial charge in [-0.15, -0.1) is 0 Å². The molecular weight excluding hydrogens is 302 g/mol. The van der Waals surface area contributed by atoms with Crippen LogP contribution in [0.1, 0.15) is 29.8 Å². The molecule has 1 aliphatic rings. The Morgan fingerprint density at radius 3 is 2.65 bits per heavy atom. The number of aromatic nitrogens is 2. The van der Waals surface area contributed by atoms with Gasteiger partial charge in [0.05, 0.1) is 5.69 Å². The van der Waals surface area contributed by atoms with Crippen molar-refractivity contribution in [2.45, 2.75) is 19.3 Å². The molecule has 0 saturated carbocycles. The van der Waals surface area contributed by atoms with Crippen LogP contribution in [0.25, 0.3) is 0 Å². The fourth-order valence-electron chi connectivity index (χ4n) is 2.51. The van der Waals surface area contributed by atoms with Gasteiger partial charge in [0.15, 0.2) is 0 Å². The molecule has 0 spiro atoms. The van der Waals surface area contributed by atoms with Gasteiger partial charge in [0.1, 0.15) is 17.3 Å². The topological polar surface area (TPSA) is 58.1 Å². The number of carbonyl (C=O) groups excluding carboxylic acids is 1. The highest BCUT2D eigenvalue weighted by Gasteiger charge is 2.19. The Hall–Kier alpha value is -2.57. The molecule has 0 bridgehead atoms. The van der Waals surface area contributed by atoms with E-state index in [1.54, 1.807) is 4.90 Å². The number of hydrogen-bond donors (Lipinski definition) is 1.